The lowest BCUT2D eigenvalue weighted by molar-refractivity contribution is 0.394. The van der Waals surface area contributed by atoms with E-state index in [1.807, 2.05) is 24.3 Å². The van der Waals surface area contributed by atoms with Gasteiger partial charge in [-0.15, -0.1) is 11.8 Å². The van der Waals surface area contributed by atoms with E-state index < -0.39 is 10.0 Å². The Hall–Kier alpha value is -0.760. The van der Waals surface area contributed by atoms with Crippen LogP contribution in [0.4, 0.5) is 5.69 Å². The Balaban J connectivity index is 1.73. The number of nitrogens with one attached hydrogen (secondary N) is 1. The molecule has 1 aromatic rings. The molecule has 0 aliphatic carbocycles. The number of thioether (sulfide) groups is 1. The number of rotatable bonds is 7. The molecule has 118 valence electrons. The minimum absolute atomic E-state index is 0.120. The highest BCUT2D eigenvalue weighted by atomic mass is 32.2. The van der Waals surface area contributed by atoms with Crippen LogP contribution in [0, 0.1) is 5.92 Å². The maximum atomic E-state index is 12.0. The quantitative estimate of drug-likeness (QED) is 0.581. The van der Waals surface area contributed by atoms with Crippen molar-refractivity contribution in [3.05, 3.63) is 24.3 Å². The van der Waals surface area contributed by atoms with Gasteiger partial charge in [0.1, 0.15) is 0 Å². The minimum atomic E-state index is -3.20. The fourth-order valence-electron chi connectivity index (χ4n) is 2.38. The number of sulfonamides is 1. The molecule has 0 saturated carbocycles. The number of para-hydroxylation sites is 1. The van der Waals surface area contributed by atoms with Crippen molar-refractivity contribution in [2.75, 3.05) is 43.9 Å². The molecule has 1 aliphatic rings. The topological polar surface area (TPSA) is 75.4 Å². The van der Waals surface area contributed by atoms with Crippen molar-refractivity contribution in [3.8, 4) is 0 Å². The van der Waals surface area contributed by atoms with Gasteiger partial charge in [-0.2, -0.15) is 0 Å². The second-order valence-corrected chi connectivity index (χ2v) is 8.53. The summed E-state index contributed by atoms with van der Waals surface area (Å²) in [6.07, 6.45) is 1.06. The van der Waals surface area contributed by atoms with Gasteiger partial charge in [-0.1, -0.05) is 12.1 Å². The van der Waals surface area contributed by atoms with E-state index in [1.54, 1.807) is 0 Å². The van der Waals surface area contributed by atoms with Crippen LogP contribution in [0.1, 0.15) is 6.42 Å². The van der Waals surface area contributed by atoms with Crippen LogP contribution < -0.4 is 10.5 Å². The summed E-state index contributed by atoms with van der Waals surface area (Å²) >= 11 is 1.48. The van der Waals surface area contributed by atoms with E-state index in [0.717, 1.165) is 24.4 Å². The summed E-state index contributed by atoms with van der Waals surface area (Å²) in [7, 11) is -1.13. The first kappa shape index (κ1) is 16.6. The number of benzene rings is 1. The van der Waals surface area contributed by atoms with E-state index >= 15 is 0 Å². The first-order chi connectivity index (χ1) is 9.96. The van der Waals surface area contributed by atoms with Gasteiger partial charge in [-0.05, 0) is 38.1 Å². The average molecular weight is 329 g/mol. The standard InChI is InChI=1S/C14H23N3O2S2/c1-17-7-6-12(11-17)10-16-21(18,19)9-8-20-14-5-3-2-4-13(14)15/h2-5,12,16H,6-11,15H2,1H3. The number of hydrogen-bond acceptors (Lipinski definition) is 5. The molecule has 0 amide bonds. The Kier molecular flexibility index (Phi) is 5.92. The van der Waals surface area contributed by atoms with Crippen LogP contribution in [-0.4, -0.2) is 51.5 Å². The van der Waals surface area contributed by atoms with Crippen LogP contribution in [0.15, 0.2) is 29.2 Å². The first-order valence-electron chi connectivity index (χ1n) is 7.09. The van der Waals surface area contributed by atoms with E-state index in [4.69, 9.17) is 5.73 Å². The van der Waals surface area contributed by atoms with Gasteiger partial charge in [0.2, 0.25) is 10.0 Å². The molecule has 0 aromatic heterocycles. The average Bonchev–Trinajstić information content (AvgIpc) is 2.85. The van der Waals surface area contributed by atoms with Gasteiger partial charge in [-0.3, -0.25) is 0 Å². The van der Waals surface area contributed by atoms with Crippen LogP contribution in [0.3, 0.4) is 0 Å². The number of nitrogens with two attached hydrogens (primary N) is 1. The third kappa shape index (κ3) is 5.50. The van der Waals surface area contributed by atoms with Crippen molar-refractivity contribution < 1.29 is 8.42 Å². The molecule has 0 bridgehead atoms. The summed E-state index contributed by atoms with van der Waals surface area (Å²) < 4.78 is 26.7. The highest BCUT2D eigenvalue weighted by Gasteiger charge is 2.21. The van der Waals surface area contributed by atoms with E-state index in [-0.39, 0.29) is 5.75 Å². The highest BCUT2D eigenvalue weighted by Crippen LogP contribution is 2.24. The van der Waals surface area contributed by atoms with Gasteiger partial charge in [0.25, 0.3) is 0 Å². The minimum Gasteiger partial charge on any atom is -0.398 e. The van der Waals surface area contributed by atoms with Gasteiger partial charge in [0, 0.05) is 29.4 Å². The summed E-state index contributed by atoms with van der Waals surface area (Å²) in [5.41, 5.74) is 6.53. The Morgan fingerprint density at radius 1 is 1.43 bits per heavy atom. The van der Waals surface area contributed by atoms with Crippen LogP contribution in [0.5, 0.6) is 0 Å². The maximum absolute atomic E-state index is 12.0. The molecule has 1 unspecified atom stereocenters. The molecular formula is C14H23N3O2S2. The zero-order valence-corrected chi connectivity index (χ0v) is 13.9. The summed E-state index contributed by atoms with van der Waals surface area (Å²) in [4.78, 5) is 3.16. The highest BCUT2D eigenvalue weighted by molar-refractivity contribution is 8.00. The lowest BCUT2D eigenvalue weighted by Gasteiger charge is -2.12. The van der Waals surface area contributed by atoms with Gasteiger partial charge >= 0.3 is 0 Å². The summed E-state index contributed by atoms with van der Waals surface area (Å²) in [5, 5.41) is 0. The van der Waals surface area contributed by atoms with Crippen molar-refractivity contribution >= 4 is 27.5 Å². The van der Waals surface area contributed by atoms with E-state index in [2.05, 4.69) is 16.7 Å². The molecule has 0 spiro atoms. The molecule has 1 heterocycles. The zero-order chi connectivity index (χ0) is 15.3. The molecule has 1 aromatic carbocycles. The summed E-state index contributed by atoms with van der Waals surface area (Å²) in [5.74, 6) is 1.06. The van der Waals surface area contributed by atoms with Gasteiger partial charge in [0.15, 0.2) is 0 Å². The molecule has 2 rings (SSSR count). The predicted molar refractivity (Wildman–Crippen MR) is 89.0 cm³/mol. The molecule has 1 fully saturated rings. The van der Waals surface area contributed by atoms with E-state index in [1.165, 1.54) is 11.8 Å². The van der Waals surface area contributed by atoms with Gasteiger partial charge < -0.3 is 10.6 Å². The van der Waals surface area contributed by atoms with Crippen LogP contribution in [0.25, 0.3) is 0 Å². The first-order valence-corrected chi connectivity index (χ1v) is 9.73. The van der Waals surface area contributed by atoms with Crippen molar-refractivity contribution in [3.63, 3.8) is 0 Å². The SMILES string of the molecule is CN1CCC(CNS(=O)(=O)CCSc2ccccc2N)C1. The third-order valence-corrected chi connectivity index (χ3v) is 6.31. The van der Waals surface area contributed by atoms with Crippen molar-refractivity contribution in [1.82, 2.24) is 9.62 Å². The van der Waals surface area contributed by atoms with Gasteiger partial charge in [-0.25, -0.2) is 13.1 Å². The Labute approximate surface area is 131 Å². The Bertz CT molecular complexity index is 563. The normalized spacial score (nSPS) is 20.0. The predicted octanol–water partition coefficient (Wildman–Crippen LogP) is 1.23. The van der Waals surface area contributed by atoms with Crippen LogP contribution in [-0.2, 0) is 10.0 Å². The molecular weight excluding hydrogens is 306 g/mol. The van der Waals surface area contributed by atoms with E-state index in [0.29, 0.717) is 23.9 Å². The zero-order valence-electron chi connectivity index (χ0n) is 12.3. The summed E-state index contributed by atoms with van der Waals surface area (Å²) in [6.45, 7) is 2.57. The van der Waals surface area contributed by atoms with E-state index in [9.17, 15) is 8.42 Å². The Morgan fingerprint density at radius 2 is 2.19 bits per heavy atom. The van der Waals surface area contributed by atoms with Crippen LogP contribution in [0.2, 0.25) is 0 Å². The number of nitrogen functional groups attached to an aromatic ring is 1. The molecule has 0 radical (unpaired) electrons. The second kappa shape index (κ2) is 7.49. The summed E-state index contributed by atoms with van der Waals surface area (Å²) in [6, 6.07) is 7.51. The Morgan fingerprint density at radius 3 is 2.86 bits per heavy atom. The molecule has 21 heavy (non-hydrogen) atoms. The number of anilines is 1. The number of hydrogen-bond donors (Lipinski definition) is 2. The van der Waals surface area contributed by atoms with Crippen LogP contribution >= 0.6 is 11.8 Å². The maximum Gasteiger partial charge on any atom is 0.212 e. The molecule has 1 atom stereocenters. The fourth-order valence-corrected chi connectivity index (χ4v) is 4.86. The fraction of sp³-hybridized carbons (Fsp3) is 0.571. The lowest BCUT2D eigenvalue weighted by atomic mass is 10.1. The largest absolute Gasteiger partial charge is 0.398 e. The molecule has 1 saturated heterocycles. The third-order valence-electron chi connectivity index (χ3n) is 3.61. The molecule has 3 N–H and O–H groups in total. The van der Waals surface area contributed by atoms with Crippen molar-refractivity contribution in [1.29, 1.82) is 0 Å². The molecule has 7 heteroatoms. The van der Waals surface area contributed by atoms with Gasteiger partial charge in [0.05, 0.1) is 5.75 Å². The smallest absolute Gasteiger partial charge is 0.212 e. The number of likely N-dealkylation sites (tertiary alicyclic amines) is 1. The monoisotopic (exact) mass is 329 g/mol. The molecule has 1 aliphatic heterocycles. The number of nitrogens with zero attached hydrogens (tertiary/aromatic N) is 1. The van der Waals surface area contributed by atoms with Crippen molar-refractivity contribution in [2.45, 2.75) is 11.3 Å². The lowest BCUT2D eigenvalue weighted by Crippen LogP contribution is -2.32. The molecule has 5 nitrogen and oxygen atoms in total. The van der Waals surface area contributed by atoms with Crippen molar-refractivity contribution in [2.24, 2.45) is 5.92 Å². The second-order valence-electron chi connectivity index (χ2n) is 5.47.